The highest BCUT2D eigenvalue weighted by molar-refractivity contribution is 7.99. The van der Waals surface area contributed by atoms with E-state index < -0.39 is 5.97 Å². The number of aromatic amines is 1. The van der Waals surface area contributed by atoms with Crippen LogP contribution in [0.15, 0.2) is 46.6 Å². The molecule has 0 aliphatic rings. The lowest BCUT2D eigenvalue weighted by Crippen LogP contribution is -2.13. The third-order valence-electron chi connectivity index (χ3n) is 4.83. The Bertz CT molecular complexity index is 1320. The van der Waals surface area contributed by atoms with Gasteiger partial charge in [0.25, 0.3) is 5.56 Å². The summed E-state index contributed by atoms with van der Waals surface area (Å²) >= 11 is 2.70. The van der Waals surface area contributed by atoms with Crippen molar-refractivity contribution in [3.05, 3.63) is 68.8 Å². The Morgan fingerprint density at radius 2 is 2.16 bits per heavy atom. The number of hydrogen-bond donors (Lipinski definition) is 1. The van der Waals surface area contributed by atoms with Crippen molar-refractivity contribution in [1.82, 2.24) is 19.5 Å². The van der Waals surface area contributed by atoms with Gasteiger partial charge in [-0.25, -0.2) is 14.8 Å². The molecule has 1 unspecified atom stereocenters. The molecule has 0 amide bonds. The van der Waals surface area contributed by atoms with E-state index in [0.29, 0.717) is 26.5 Å². The molecule has 4 aromatic rings. The van der Waals surface area contributed by atoms with Gasteiger partial charge in [-0.05, 0) is 51.0 Å². The van der Waals surface area contributed by atoms with Crippen molar-refractivity contribution in [3.8, 4) is 5.69 Å². The highest BCUT2D eigenvalue weighted by atomic mass is 32.2. The molecule has 0 fully saturated rings. The molecule has 160 valence electrons. The van der Waals surface area contributed by atoms with E-state index in [1.807, 2.05) is 42.8 Å². The Morgan fingerprint density at radius 3 is 2.90 bits per heavy atom. The number of carbonyl (C=O) groups excluding carboxylic acids is 1. The monoisotopic (exact) mass is 454 g/mol. The van der Waals surface area contributed by atoms with Crippen LogP contribution in [0.1, 0.15) is 45.7 Å². The molecule has 1 aromatic carbocycles. The van der Waals surface area contributed by atoms with Gasteiger partial charge in [0.05, 0.1) is 17.2 Å². The molecule has 3 heterocycles. The molecule has 0 spiro atoms. The number of imidazole rings is 1. The Kier molecular flexibility index (Phi) is 5.97. The van der Waals surface area contributed by atoms with Crippen LogP contribution in [0.25, 0.3) is 15.9 Å². The standard InChI is InChI=1S/C22H22N4O3S2/c1-5-29-21(28)17-13(3)16-19(27)24-18(25-20(16)31-17)14(4)30-22-23-9-10-26(22)15-8-6-7-12(2)11-15/h6-11,14H,5H2,1-4H3,(H,24,25,27). The summed E-state index contributed by atoms with van der Waals surface area (Å²) in [5.74, 6) is 0.115. The lowest BCUT2D eigenvalue weighted by Gasteiger charge is -2.12. The summed E-state index contributed by atoms with van der Waals surface area (Å²) in [6, 6.07) is 8.18. The molecule has 0 aliphatic carbocycles. The van der Waals surface area contributed by atoms with Gasteiger partial charge in [-0.2, -0.15) is 0 Å². The fourth-order valence-corrected chi connectivity index (χ4v) is 5.33. The van der Waals surface area contributed by atoms with Crippen LogP contribution in [0.4, 0.5) is 0 Å². The number of nitrogens with one attached hydrogen (secondary N) is 1. The summed E-state index contributed by atoms with van der Waals surface area (Å²) < 4.78 is 7.12. The zero-order valence-electron chi connectivity index (χ0n) is 17.6. The summed E-state index contributed by atoms with van der Waals surface area (Å²) in [4.78, 5) is 38.0. The second-order valence-corrected chi connectivity index (χ2v) is 9.39. The summed E-state index contributed by atoms with van der Waals surface area (Å²) in [5.41, 5.74) is 2.54. The van der Waals surface area contributed by atoms with Crippen LogP contribution in [0.5, 0.6) is 0 Å². The number of fused-ring (bicyclic) bond motifs is 1. The van der Waals surface area contributed by atoms with E-state index >= 15 is 0 Å². The second kappa shape index (κ2) is 8.68. The molecule has 1 atom stereocenters. The Morgan fingerprint density at radius 1 is 1.35 bits per heavy atom. The van der Waals surface area contributed by atoms with Crippen LogP contribution in [-0.2, 0) is 4.74 Å². The van der Waals surface area contributed by atoms with Gasteiger partial charge in [-0.1, -0.05) is 23.9 Å². The van der Waals surface area contributed by atoms with Crippen molar-refractivity contribution in [3.63, 3.8) is 0 Å². The maximum atomic E-state index is 12.8. The average molecular weight is 455 g/mol. The minimum Gasteiger partial charge on any atom is -0.462 e. The number of aryl methyl sites for hydroxylation is 2. The lowest BCUT2D eigenvalue weighted by atomic mass is 10.2. The zero-order valence-corrected chi connectivity index (χ0v) is 19.3. The van der Waals surface area contributed by atoms with Gasteiger partial charge < -0.3 is 9.72 Å². The van der Waals surface area contributed by atoms with Crippen molar-refractivity contribution in [2.45, 2.75) is 38.1 Å². The van der Waals surface area contributed by atoms with Crippen LogP contribution in [0, 0.1) is 13.8 Å². The SMILES string of the molecule is CCOC(=O)c1sc2nc(C(C)Sc3nccn3-c3cccc(C)c3)[nH]c(=O)c2c1C. The second-order valence-electron chi connectivity index (χ2n) is 7.09. The topological polar surface area (TPSA) is 89.9 Å². The van der Waals surface area contributed by atoms with Crippen LogP contribution < -0.4 is 5.56 Å². The first kappa shape index (κ1) is 21.3. The van der Waals surface area contributed by atoms with E-state index in [9.17, 15) is 9.59 Å². The number of rotatable bonds is 6. The Balaban J connectivity index is 1.67. The maximum Gasteiger partial charge on any atom is 0.348 e. The molecular formula is C22H22N4O3S2. The van der Waals surface area contributed by atoms with E-state index in [-0.39, 0.29) is 17.4 Å². The molecule has 3 aromatic heterocycles. The number of ether oxygens (including phenoxy) is 1. The van der Waals surface area contributed by atoms with Crippen molar-refractivity contribution in [1.29, 1.82) is 0 Å². The molecule has 0 aliphatic heterocycles. The van der Waals surface area contributed by atoms with Crippen LogP contribution in [0.2, 0.25) is 0 Å². The Hall–Kier alpha value is -2.91. The molecule has 0 saturated heterocycles. The molecule has 0 saturated carbocycles. The largest absolute Gasteiger partial charge is 0.462 e. The number of nitrogens with zero attached hydrogens (tertiary/aromatic N) is 3. The zero-order chi connectivity index (χ0) is 22.1. The molecule has 9 heteroatoms. The lowest BCUT2D eigenvalue weighted by molar-refractivity contribution is 0.0531. The molecule has 0 radical (unpaired) electrons. The van der Waals surface area contributed by atoms with Gasteiger partial charge >= 0.3 is 5.97 Å². The number of thioether (sulfide) groups is 1. The number of aromatic nitrogens is 4. The first-order valence-corrected chi connectivity index (χ1v) is 11.6. The van der Waals surface area contributed by atoms with Gasteiger partial charge in [0, 0.05) is 18.1 Å². The van der Waals surface area contributed by atoms with Crippen molar-refractivity contribution >= 4 is 39.3 Å². The molecule has 4 rings (SSSR count). The minimum absolute atomic E-state index is 0.156. The van der Waals surface area contributed by atoms with Gasteiger partial charge in [0.2, 0.25) is 0 Å². The van der Waals surface area contributed by atoms with E-state index in [0.717, 1.165) is 16.4 Å². The van der Waals surface area contributed by atoms with E-state index in [1.54, 1.807) is 20.0 Å². The predicted molar refractivity (Wildman–Crippen MR) is 124 cm³/mol. The highest BCUT2D eigenvalue weighted by Crippen LogP contribution is 2.35. The number of esters is 1. The molecule has 7 nitrogen and oxygen atoms in total. The van der Waals surface area contributed by atoms with Gasteiger partial charge in [-0.15, -0.1) is 11.3 Å². The van der Waals surface area contributed by atoms with Gasteiger partial charge in [0.15, 0.2) is 5.16 Å². The van der Waals surface area contributed by atoms with Crippen LogP contribution >= 0.6 is 23.1 Å². The van der Waals surface area contributed by atoms with E-state index in [4.69, 9.17) is 4.74 Å². The summed E-state index contributed by atoms with van der Waals surface area (Å²) in [5, 5.41) is 1.09. The summed E-state index contributed by atoms with van der Waals surface area (Å²) in [6.45, 7) is 7.80. The molecular weight excluding hydrogens is 432 g/mol. The molecule has 31 heavy (non-hydrogen) atoms. The summed E-state index contributed by atoms with van der Waals surface area (Å²) in [6.07, 6.45) is 3.67. The van der Waals surface area contributed by atoms with Crippen molar-refractivity contribution < 1.29 is 9.53 Å². The third-order valence-corrected chi connectivity index (χ3v) is 7.09. The van der Waals surface area contributed by atoms with Crippen LogP contribution in [0.3, 0.4) is 0 Å². The number of thiophene rings is 1. The third kappa shape index (κ3) is 4.15. The number of H-pyrrole nitrogens is 1. The number of carbonyl (C=O) groups is 1. The van der Waals surface area contributed by atoms with Crippen molar-refractivity contribution in [2.24, 2.45) is 0 Å². The van der Waals surface area contributed by atoms with Gasteiger partial charge in [0.1, 0.15) is 15.5 Å². The fraction of sp³-hybridized carbons (Fsp3) is 0.273. The predicted octanol–water partition coefficient (Wildman–Crippen LogP) is 4.82. The number of benzene rings is 1. The highest BCUT2D eigenvalue weighted by Gasteiger charge is 2.22. The average Bonchev–Trinajstić information content (AvgIpc) is 3.32. The quantitative estimate of drug-likeness (QED) is 0.332. The van der Waals surface area contributed by atoms with E-state index in [2.05, 4.69) is 21.0 Å². The number of hydrogen-bond acceptors (Lipinski definition) is 7. The maximum absolute atomic E-state index is 12.8. The first-order valence-electron chi connectivity index (χ1n) is 9.86. The first-order chi connectivity index (χ1) is 14.9. The molecule has 1 N–H and O–H groups in total. The minimum atomic E-state index is -0.424. The molecule has 0 bridgehead atoms. The summed E-state index contributed by atoms with van der Waals surface area (Å²) in [7, 11) is 0. The van der Waals surface area contributed by atoms with E-state index in [1.165, 1.54) is 23.1 Å². The fourth-order valence-electron chi connectivity index (χ4n) is 3.31. The smallest absolute Gasteiger partial charge is 0.348 e. The van der Waals surface area contributed by atoms with Crippen LogP contribution in [-0.4, -0.2) is 32.1 Å². The van der Waals surface area contributed by atoms with Gasteiger partial charge in [-0.3, -0.25) is 9.36 Å². The van der Waals surface area contributed by atoms with Crippen molar-refractivity contribution in [2.75, 3.05) is 6.61 Å². The Labute approximate surface area is 187 Å². The normalized spacial score (nSPS) is 12.3.